The van der Waals surface area contributed by atoms with Crippen LogP contribution in [0.25, 0.3) is 0 Å². The molecule has 1 N–H and O–H groups in total. The van der Waals surface area contributed by atoms with Crippen molar-refractivity contribution in [1.29, 1.82) is 0 Å². The summed E-state index contributed by atoms with van der Waals surface area (Å²) in [6, 6.07) is 8.82. The molecule has 0 amide bonds. The Labute approximate surface area is 108 Å². The molecule has 0 radical (unpaired) electrons. The Morgan fingerprint density at radius 2 is 1.61 bits per heavy atom. The highest BCUT2D eigenvalue weighted by atomic mass is 15.5. The molecule has 1 saturated heterocycles. The first-order valence-corrected chi connectivity index (χ1v) is 6.55. The summed E-state index contributed by atoms with van der Waals surface area (Å²) in [6.07, 6.45) is 4.10. The predicted molar refractivity (Wildman–Crippen MR) is 75.8 cm³/mol. The zero-order valence-corrected chi connectivity index (χ0v) is 10.8. The van der Waals surface area contributed by atoms with Gasteiger partial charge in [-0.3, -0.25) is 5.01 Å². The van der Waals surface area contributed by atoms with Gasteiger partial charge in [0.15, 0.2) is 0 Å². The Hall–Kier alpha value is -1.68. The van der Waals surface area contributed by atoms with Gasteiger partial charge in [0.05, 0.1) is 12.2 Å². The van der Waals surface area contributed by atoms with Crippen molar-refractivity contribution in [3.63, 3.8) is 0 Å². The summed E-state index contributed by atoms with van der Waals surface area (Å²) in [6.45, 7) is 5.49. The summed E-state index contributed by atoms with van der Waals surface area (Å²) in [5, 5.41) is 2.13. The van der Waals surface area contributed by atoms with Crippen molar-refractivity contribution in [2.24, 2.45) is 0 Å². The first-order chi connectivity index (χ1) is 8.83. The summed E-state index contributed by atoms with van der Waals surface area (Å²) in [5.41, 5.74) is 5.76. The van der Waals surface area contributed by atoms with Crippen molar-refractivity contribution >= 4 is 11.4 Å². The van der Waals surface area contributed by atoms with Crippen LogP contribution in [0.3, 0.4) is 0 Å². The molecule has 0 bridgehead atoms. The SMILES string of the molecule is CN1CCN(c2ccc(N3CC=CN3)cc2)CC1. The Bertz CT molecular complexity index is 410. The van der Waals surface area contributed by atoms with Gasteiger partial charge in [0, 0.05) is 38.1 Å². The van der Waals surface area contributed by atoms with E-state index in [0.29, 0.717) is 0 Å². The zero-order valence-electron chi connectivity index (χ0n) is 10.8. The van der Waals surface area contributed by atoms with Crippen LogP contribution in [0.1, 0.15) is 0 Å². The van der Waals surface area contributed by atoms with Gasteiger partial charge in [-0.25, -0.2) is 0 Å². The molecule has 4 heteroatoms. The van der Waals surface area contributed by atoms with Crippen LogP contribution >= 0.6 is 0 Å². The average molecular weight is 244 g/mol. The highest BCUT2D eigenvalue weighted by Crippen LogP contribution is 2.21. The van der Waals surface area contributed by atoms with Crippen molar-refractivity contribution in [2.75, 3.05) is 49.7 Å². The molecular formula is C14H20N4. The third kappa shape index (κ3) is 2.29. The number of hydrogen-bond donors (Lipinski definition) is 1. The van der Waals surface area contributed by atoms with Crippen molar-refractivity contribution in [3.05, 3.63) is 36.5 Å². The summed E-state index contributed by atoms with van der Waals surface area (Å²) in [5.74, 6) is 0. The monoisotopic (exact) mass is 244 g/mol. The van der Waals surface area contributed by atoms with Crippen LogP contribution in [0.15, 0.2) is 36.5 Å². The Morgan fingerprint density at radius 1 is 0.944 bits per heavy atom. The molecule has 0 saturated carbocycles. The van der Waals surface area contributed by atoms with Gasteiger partial charge in [-0.05, 0) is 37.4 Å². The second-order valence-electron chi connectivity index (χ2n) is 4.95. The van der Waals surface area contributed by atoms with Gasteiger partial charge in [0.25, 0.3) is 0 Å². The Balaban J connectivity index is 1.67. The van der Waals surface area contributed by atoms with E-state index in [1.807, 2.05) is 6.20 Å². The molecule has 18 heavy (non-hydrogen) atoms. The zero-order chi connectivity index (χ0) is 12.4. The van der Waals surface area contributed by atoms with Crippen molar-refractivity contribution in [1.82, 2.24) is 10.3 Å². The third-order valence-corrected chi connectivity index (χ3v) is 3.67. The average Bonchev–Trinajstić information content (AvgIpc) is 2.94. The van der Waals surface area contributed by atoms with Crippen molar-refractivity contribution in [2.45, 2.75) is 0 Å². The maximum absolute atomic E-state index is 3.21. The number of hydrogen-bond acceptors (Lipinski definition) is 4. The second-order valence-corrected chi connectivity index (χ2v) is 4.95. The maximum Gasteiger partial charge on any atom is 0.0592 e. The van der Waals surface area contributed by atoms with Crippen LogP contribution in [0.5, 0.6) is 0 Å². The molecule has 1 aromatic rings. The first-order valence-electron chi connectivity index (χ1n) is 6.55. The fourth-order valence-corrected chi connectivity index (χ4v) is 2.44. The van der Waals surface area contributed by atoms with Gasteiger partial charge in [0.2, 0.25) is 0 Å². The van der Waals surface area contributed by atoms with Crippen molar-refractivity contribution < 1.29 is 0 Å². The number of benzene rings is 1. The van der Waals surface area contributed by atoms with Crippen LogP contribution in [0.4, 0.5) is 11.4 Å². The number of likely N-dealkylation sites (N-methyl/N-ethyl adjacent to an activating group) is 1. The van der Waals surface area contributed by atoms with Crippen LogP contribution in [-0.4, -0.2) is 44.7 Å². The van der Waals surface area contributed by atoms with E-state index in [1.165, 1.54) is 11.4 Å². The predicted octanol–water partition coefficient (Wildman–Crippen LogP) is 1.28. The van der Waals surface area contributed by atoms with Crippen LogP contribution in [0, 0.1) is 0 Å². The molecule has 3 rings (SSSR count). The molecule has 2 heterocycles. The fraction of sp³-hybridized carbons (Fsp3) is 0.429. The van der Waals surface area contributed by atoms with Crippen LogP contribution < -0.4 is 15.3 Å². The largest absolute Gasteiger partial charge is 0.369 e. The fourth-order valence-electron chi connectivity index (χ4n) is 2.44. The number of rotatable bonds is 2. The first kappa shape index (κ1) is 11.4. The van der Waals surface area contributed by atoms with Gasteiger partial charge < -0.3 is 15.2 Å². The van der Waals surface area contributed by atoms with Crippen LogP contribution in [-0.2, 0) is 0 Å². The summed E-state index contributed by atoms with van der Waals surface area (Å²) in [4.78, 5) is 4.84. The maximum atomic E-state index is 3.21. The second kappa shape index (κ2) is 4.90. The molecular weight excluding hydrogens is 224 g/mol. The van der Waals surface area contributed by atoms with Crippen LogP contribution in [0.2, 0.25) is 0 Å². The molecule has 0 spiro atoms. The lowest BCUT2D eigenvalue weighted by Gasteiger charge is -2.34. The summed E-state index contributed by atoms with van der Waals surface area (Å²) >= 11 is 0. The molecule has 4 nitrogen and oxygen atoms in total. The number of hydrazine groups is 1. The highest BCUT2D eigenvalue weighted by Gasteiger charge is 2.14. The standard InChI is InChI=1S/C14H20N4/c1-16-9-11-17(12-10-16)13-3-5-14(6-4-13)18-8-2-7-15-18/h2-7,15H,8-12H2,1H3. The molecule has 1 fully saturated rings. The quantitative estimate of drug-likeness (QED) is 0.846. The van der Waals surface area contributed by atoms with Gasteiger partial charge in [-0.15, -0.1) is 0 Å². The molecule has 0 aliphatic carbocycles. The minimum Gasteiger partial charge on any atom is -0.369 e. The highest BCUT2D eigenvalue weighted by molar-refractivity contribution is 5.57. The number of anilines is 2. The van der Waals surface area contributed by atoms with Gasteiger partial charge >= 0.3 is 0 Å². The van der Waals surface area contributed by atoms with Gasteiger partial charge in [-0.2, -0.15) is 0 Å². The molecule has 0 unspecified atom stereocenters. The molecule has 0 aromatic heterocycles. The lowest BCUT2D eigenvalue weighted by molar-refractivity contribution is 0.313. The van der Waals surface area contributed by atoms with E-state index in [9.17, 15) is 0 Å². The molecule has 96 valence electrons. The van der Waals surface area contributed by atoms with Crippen molar-refractivity contribution in [3.8, 4) is 0 Å². The van der Waals surface area contributed by atoms with Gasteiger partial charge in [-0.1, -0.05) is 0 Å². The Morgan fingerprint density at radius 3 is 2.22 bits per heavy atom. The van der Waals surface area contributed by atoms with E-state index in [2.05, 4.69) is 57.6 Å². The smallest absolute Gasteiger partial charge is 0.0592 e. The van der Waals surface area contributed by atoms with E-state index in [-0.39, 0.29) is 0 Å². The summed E-state index contributed by atoms with van der Waals surface area (Å²) in [7, 11) is 2.19. The van der Waals surface area contributed by atoms with Gasteiger partial charge in [0.1, 0.15) is 0 Å². The minimum atomic E-state index is 0.938. The number of piperazine rings is 1. The third-order valence-electron chi connectivity index (χ3n) is 3.67. The molecule has 2 aliphatic rings. The lowest BCUT2D eigenvalue weighted by atomic mass is 10.2. The van der Waals surface area contributed by atoms with E-state index < -0.39 is 0 Å². The van der Waals surface area contributed by atoms with E-state index in [1.54, 1.807) is 0 Å². The normalized spacial score (nSPS) is 20.3. The molecule has 0 atom stereocenters. The number of nitrogens with zero attached hydrogens (tertiary/aromatic N) is 3. The van der Waals surface area contributed by atoms with E-state index in [0.717, 1.165) is 32.7 Å². The Kier molecular flexibility index (Phi) is 3.11. The molecule has 1 aromatic carbocycles. The topological polar surface area (TPSA) is 21.8 Å². The minimum absolute atomic E-state index is 0.938. The number of nitrogens with one attached hydrogen (secondary N) is 1. The lowest BCUT2D eigenvalue weighted by Crippen LogP contribution is -2.44. The molecule has 2 aliphatic heterocycles. The van der Waals surface area contributed by atoms with E-state index in [4.69, 9.17) is 0 Å². The summed E-state index contributed by atoms with van der Waals surface area (Å²) < 4.78 is 0. The van der Waals surface area contributed by atoms with E-state index >= 15 is 0 Å².